The van der Waals surface area contributed by atoms with E-state index in [4.69, 9.17) is 23.7 Å². The molecular weight excluding hydrogens is 500 g/mol. The zero-order chi connectivity index (χ0) is 28.0. The van der Waals surface area contributed by atoms with Crippen LogP contribution in [-0.2, 0) is 11.2 Å². The van der Waals surface area contributed by atoms with Gasteiger partial charge in [0.05, 0.1) is 32.6 Å². The highest BCUT2D eigenvalue weighted by molar-refractivity contribution is 5.92. The number of carbonyl (C=O) groups excluding carboxylic acids is 2. The predicted octanol–water partition coefficient (Wildman–Crippen LogP) is 4.97. The number of benzene rings is 3. The van der Waals surface area contributed by atoms with Gasteiger partial charge in [0.15, 0.2) is 29.6 Å². The lowest BCUT2D eigenvalue weighted by atomic mass is 10.1. The SMILES string of the molecule is C=CCc1ccc(OCC(=O)N/N=C\c2ccc(OC(=O)c3ccc(OCCC)cc3)c(OC)c2)c(OC)c1. The van der Waals surface area contributed by atoms with Gasteiger partial charge in [-0.05, 0) is 78.6 Å². The van der Waals surface area contributed by atoms with E-state index >= 15 is 0 Å². The van der Waals surface area contributed by atoms with E-state index in [0.29, 0.717) is 47.2 Å². The van der Waals surface area contributed by atoms with Crippen molar-refractivity contribution in [3.8, 4) is 28.7 Å². The molecule has 1 amide bonds. The van der Waals surface area contributed by atoms with Crippen LogP contribution in [0.4, 0.5) is 0 Å². The van der Waals surface area contributed by atoms with E-state index in [2.05, 4.69) is 17.1 Å². The van der Waals surface area contributed by atoms with Crippen LogP contribution < -0.4 is 29.1 Å². The van der Waals surface area contributed by atoms with Crippen LogP contribution in [0, 0.1) is 0 Å². The molecule has 0 atom stereocenters. The number of hydrogen-bond donors (Lipinski definition) is 1. The molecule has 0 heterocycles. The van der Waals surface area contributed by atoms with Crippen molar-refractivity contribution in [3.63, 3.8) is 0 Å². The molecule has 3 aromatic rings. The third-order valence-corrected chi connectivity index (χ3v) is 5.32. The molecule has 0 fully saturated rings. The van der Waals surface area contributed by atoms with Crippen LogP contribution in [0.15, 0.2) is 78.4 Å². The summed E-state index contributed by atoms with van der Waals surface area (Å²) >= 11 is 0. The molecule has 0 aromatic heterocycles. The Labute approximate surface area is 228 Å². The summed E-state index contributed by atoms with van der Waals surface area (Å²) < 4.78 is 27.3. The maximum absolute atomic E-state index is 12.6. The zero-order valence-corrected chi connectivity index (χ0v) is 22.3. The summed E-state index contributed by atoms with van der Waals surface area (Å²) in [5.74, 6) is 1.25. The molecule has 3 rings (SSSR count). The van der Waals surface area contributed by atoms with Crippen LogP contribution in [0.25, 0.3) is 0 Å². The van der Waals surface area contributed by atoms with Crippen molar-refractivity contribution in [2.24, 2.45) is 5.10 Å². The molecule has 9 nitrogen and oxygen atoms in total. The summed E-state index contributed by atoms with van der Waals surface area (Å²) in [4.78, 5) is 24.8. The average molecular weight is 533 g/mol. The second-order valence-electron chi connectivity index (χ2n) is 8.23. The Bertz CT molecular complexity index is 1300. The fraction of sp³-hybridized carbons (Fsp3) is 0.233. The summed E-state index contributed by atoms with van der Waals surface area (Å²) in [6, 6.07) is 17.1. The topological polar surface area (TPSA) is 105 Å². The van der Waals surface area contributed by atoms with Crippen molar-refractivity contribution in [3.05, 3.63) is 90.0 Å². The first kappa shape index (κ1) is 28.8. The highest BCUT2D eigenvalue weighted by atomic mass is 16.6. The third kappa shape index (κ3) is 8.63. The number of esters is 1. The number of amides is 1. The molecule has 1 N–H and O–H groups in total. The first-order valence-corrected chi connectivity index (χ1v) is 12.3. The van der Waals surface area contributed by atoms with Gasteiger partial charge in [-0.3, -0.25) is 4.79 Å². The van der Waals surface area contributed by atoms with E-state index in [-0.39, 0.29) is 12.4 Å². The van der Waals surface area contributed by atoms with Gasteiger partial charge in [-0.2, -0.15) is 5.10 Å². The van der Waals surface area contributed by atoms with E-state index in [9.17, 15) is 9.59 Å². The summed E-state index contributed by atoms with van der Waals surface area (Å²) in [6.07, 6.45) is 4.82. The number of methoxy groups -OCH3 is 2. The number of carbonyl (C=O) groups is 2. The number of nitrogens with zero attached hydrogens (tertiary/aromatic N) is 1. The Hall–Kier alpha value is -4.79. The lowest BCUT2D eigenvalue weighted by Gasteiger charge is -2.11. The Morgan fingerprint density at radius 1 is 0.897 bits per heavy atom. The lowest BCUT2D eigenvalue weighted by molar-refractivity contribution is -0.123. The number of hydrazone groups is 1. The number of hydrogen-bond acceptors (Lipinski definition) is 8. The quantitative estimate of drug-likeness (QED) is 0.103. The molecule has 0 aliphatic rings. The van der Waals surface area contributed by atoms with Crippen LogP contribution in [-0.4, -0.2) is 45.5 Å². The first-order valence-electron chi connectivity index (χ1n) is 12.3. The van der Waals surface area contributed by atoms with E-state index in [0.717, 1.165) is 12.0 Å². The molecule has 9 heteroatoms. The van der Waals surface area contributed by atoms with Gasteiger partial charge >= 0.3 is 5.97 Å². The van der Waals surface area contributed by atoms with Gasteiger partial charge in [0.1, 0.15) is 5.75 Å². The van der Waals surface area contributed by atoms with Gasteiger partial charge in [-0.1, -0.05) is 19.1 Å². The van der Waals surface area contributed by atoms with Crippen LogP contribution >= 0.6 is 0 Å². The number of allylic oxidation sites excluding steroid dienone is 1. The van der Waals surface area contributed by atoms with Crippen molar-refractivity contribution in [1.82, 2.24) is 5.43 Å². The molecule has 0 saturated carbocycles. The fourth-order valence-corrected chi connectivity index (χ4v) is 3.39. The number of ether oxygens (including phenoxy) is 5. The standard InChI is InChI=1S/C30H32N2O7/c1-5-7-21-8-14-25(27(17-21)35-3)38-20-29(33)32-31-19-22-9-15-26(28(18-22)36-4)39-30(34)23-10-12-24(13-11-23)37-16-6-2/h5,8-15,17-19H,1,6-7,16,20H2,2-4H3,(H,32,33)/b31-19-. The van der Waals surface area contributed by atoms with Crippen molar-refractivity contribution in [2.45, 2.75) is 19.8 Å². The molecule has 0 saturated heterocycles. The fourth-order valence-electron chi connectivity index (χ4n) is 3.39. The van der Waals surface area contributed by atoms with Crippen molar-refractivity contribution in [1.29, 1.82) is 0 Å². The maximum atomic E-state index is 12.6. The molecule has 0 radical (unpaired) electrons. The molecule has 0 bridgehead atoms. The van der Waals surface area contributed by atoms with Gasteiger partial charge in [0, 0.05) is 0 Å². The van der Waals surface area contributed by atoms with Gasteiger partial charge in [-0.15, -0.1) is 6.58 Å². The molecular formula is C30H32N2O7. The highest BCUT2D eigenvalue weighted by Gasteiger charge is 2.13. The molecule has 39 heavy (non-hydrogen) atoms. The monoisotopic (exact) mass is 532 g/mol. The van der Waals surface area contributed by atoms with E-state index in [1.807, 2.05) is 19.1 Å². The minimum absolute atomic E-state index is 0.247. The molecule has 3 aromatic carbocycles. The normalized spacial score (nSPS) is 10.5. The van der Waals surface area contributed by atoms with Crippen LogP contribution in [0.2, 0.25) is 0 Å². The second kappa shape index (κ2) is 14.8. The molecule has 0 aliphatic heterocycles. The Morgan fingerprint density at radius 3 is 2.31 bits per heavy atom. The van der Waals surface area contributed by atoms with Crippen molar-refractivity contribution in [2.75, 3.05) is 27.4 Å². The zero-order valence-electron chi connectivity index (χ0n) is 22.3. The summed E-state index contributed by atoms with van der Waals surface area (Å²) in [5.41, 5.74) is 4.42. The third-order valence-electron chi connectivity index (χ3n) is 5.32. The van der Waals surface area contributed by atoms with Crippen LogP contribution in [0.1, 0.15) is 34.8 Å². The Balaban J connectivity index is 1.54. The van der Waals surface area contributed by atoms with Gasteiger partial charge in [-0.25, -0.2) is 10.2 Å². The molecule has 0 unspecified atom stereocenters. The van der Waals surface area contributed by atoms with E-state index in [1.165, 1.54) is 20.4 Å². The lowest BCUT2D eigenvalue weighted by Crippen LogP contribution is -2.24. The van der Waals surface area contributed by atoms with Gasteiger partial charge < -0.3 is 23.7 Å². The largest absolute Gasteiger partial charge is 0.494 e. The minimum atomic E-state index is -0.531. The molecule has 204 valence electrons. The number of nitrogens with one attached hydrogen (secondary N) is 1. The van der Waals surface area contributed by atoms with Crippen LogP contribution in [0.5, 0.6) is 28.7 Å². The van der Waals surface area contributed by atoms with E-state index < -0.39 is 11.9 Å². The first-order chi connectivity index (χ1) is 19.0. The second-order valence-corrected chi connectivity index (χ2v) is 8.23. The molecule has 0 aliphatic carbocycles. The summed E-state index contributed by atoms with van der Waals surface area (Å²) in [7, 11) is 3.00. The highest BCUT2D eigenvalue weighted by Crippen LogP contribution is 2.29. The van der Waals surface area contributed by atoms with Gasteiger partial charge in [0.2, 0.25) is 0 Å². The van der Waals surface area contributed by atoms with Crippen molar-refractivity contribution >= 4 is 18.1 Å². The average Bonchev–Trinajstić information content (AvgIpc) is 2.96. The maximum Gasteiger partial charge on any atom is 0.343 e. The smallest absolute Gasteiger partial charge is 0.343 e. The van der Waals surface area contributed by atoms with Gasteiger partial charge in [0.25, 0.3) is 5.91 Å². The Kier molecular flexibility index (Phi) is 10.9. The predicted molar refractivity (Wildman–Crippen MR) is 148 cm³/mol. The number of rotatable bonds is 14. The summed E-state index contributed by atoms with van der Waals surface area (Å²) in [5, 5.41) is 3.96. The summed E-state index contributed by atoms with van der Waals surface area (Å²) in [6.45, 7) is 6.10. The molecule has 0 spiro atoms. The Morgan fingerprint density at radius 2 is 1.62 bits per heavy atom. The van der Waals surface area contributed by atoms with E-state index in [1.54, 1.807) is 54.6 Å². The minimum Gasteiger partial charge on any atom is -0.494 e. The van der Waals surface area contributed by atoms with Crippen LogP contribution in [0.3, 0.4) is 0 Å². The van der Waals surface area contributed by atoms with Crippen molar-refractivity contribution < 1.29 is 33.3 Å².